The second kappa shape index (κ2) is 47.3. The Labute approximate surface area is 705 Å². The molecule has 9 aromatic rings. The number of halogens is 4. The minimum Gasteiger partial charge on any atom is -0.870 e. The standard InChI is InChI=1S/C26H30FN5O5S.C25H28FN5O5S.C21H22FN5O3S.C5H9BrO2.CH4.Li.2H2O/c1-19-18-24(29-21-7-5-20(27)6-8-21)30-26(28-19)31-13-15-32(16-14-31)38(34,35)23-11-9-22(10-12-23)37-17-3-4-25(33)36-2;1-18-17-23(28-20-6-4-19(26)5-7-20)29-25(27-18)30-12-14-31(15-13-30)37(34,35)22-10-8-21(9-11-22)36-16-2-3-24(32)33;1-15-14-20(24-17-4-2-16(22)3-5-17)25-21(23-15)26-10-12-27(13-11-26)31(29,30)19-8-6-18(28)7-9-19;1-8-5(7)3-2-4-6;;;;/h5-12,18H,3-4,13-17H2,1-2H3,(H,28,29,30);4-11,17H,2-3,12-16H2,1H3,(H,32,33)(H,27,28,29);2-9,14,28H,10-13H2,1H3,(H,23,24,25);2-4H2,1H3;1H4;;2*1H2/q;;;;;+1;;/p-1. The first-order valence-electron chi connectivity index (χ1n) is 36.1. The number of ether oxygens (including phenoxy) is 4. The Morgan fingerprint density at radius 2 is 0.703 bits per heavy atom. The summed E-state index contributed by atoms with van der Waals surface area (Å²) in [7, 11) is -8.27. The molecule has 632 valence electrons. The first-order chi connectivity index (χ1) is 54.6. The van der Waals surface area contributed by atoms with Crippen molar-refractivity contribution >= 4 is 116 Å². The molecule has 3 aliphatic heterocycles. The van der Waals surface area contributed by atoms with Gasteiger partial charge in [-0.15, -0.1) is 0 Å². The molecular weight excluding hydrogens is 1660 g/mol. The quantitative estimate of drug-likeness (QED) is 0.0135. The summed E-state index contributed by atoms with van der Waals surface area (Å²) in [6.45, 7) is 10.4. The number of phenolic OH excluding ortho intramolecular Hbond substituents is 1. The molecule has 0 radical (unpaired) electrons. The number of carboxylic acids is 1. The first-order valence-corrected chi connectivity index (χ1v) is 41.6. The van der Waals surface area contributed by atoms with Gasteiger partial charge in [0.15, 0.2) is 0 Å². The van der Waals surface area contributed by atoms with Gasteiger partial charge in [0.1, 0.15) is 52.2 Å². The molecule has 8 N–H and O–H groups in total. The zero-order valence-electron chi connectivity index (χ0n) is 65.2. The van der Waals surface area contributed by atoms with Crippen LogP contribution in [0.4, 0.5) is 65.5 Å². The van der Waals surface area contributed by atoms with E-state index >= 15 is 0 Å². The molecule has 32 nitrogen and oxygen atoms in total. The van der Waals surface area contributed by atoms with E-state index in [4.69, 9.17) is 14.6 Å². The van der Waals surface area contributed by atoms with E-state index in [-0.39, 0.29) is 133 Å². The van der Waals surface area contributed by atoms with E-state index in [1.54, 1.807) is 78.9 Å². The zero-order valence-corrected chi connectivity index (χ0v) is 69.2. The third-order valence-electron chi connectivity index (χ3n) is 17.4. The Morgan fingerprint density at radius 3 is 0.975 bits per heavy atom. The van der Waals surface area contributed by atoms with Crippen molar-refractivity contribution in [3.63, 3.8) is 0 Å². The molecule has 6 aromatic carbocycles. The van der Waals surface area contributed by atoms with Crippen molar-refractivity contribution in [2.45, 2.75) is 81.4 Å². The summed E-state index contributed by atoms with van der Waals surface area (Å²) in [5.41, 5.74) is 4.35. The number of hydrogen-bond acceptors (Lipinski definition) is 27. The molecule has 0 aliphatic carbocycles. The summed E-state index contributed by atoms with van der Waals surface area (Å²) in [6, 6.07) is 41.2. The Hall–Kier alpha value is -10.3. The van der Waals surface area contributed by atoms with Gasteiger partial charge in [0.25, 0.3) is 0 Å². The fraction of sp³-hybridized carbons (Fsp3) is 0.346. The Morgan fingerprint density at radius 1 is 0.432 bits per heavy atom. The Balaban J connectivity index is 0.000000297. The summed E-state index contributed by atoms with van der Waals surface area (Å²) in [5, 5.41) is 28.4. The summed E-state index contributed by atoms with van der Waals surface area (Å²) in [6.07, 6.45) is 2.51. The third-order valence-corrected chi connectivity index (χ3v) is 23.7. The molecule has 3 fully saturated rings. The number of methoxy groups -OCH3 is 2. The van der Waals surface area contributed by atoms with Gasteiger partial charge >= 0.3 is 36.8 Å². The van der Waals surface area contributed by atoms with E-state index in [1.807, 2.05) is 35.5 Å². The van der Waals surface area contributed by atoms with E-state index in [0.29, 0.717) is 142 Å². The average Bonchev–Trinajstić information content (AvgIpc) is 0.802. The van der Waals surface area contributed by atoms with Crippen LogP contribution in [0.3, 0.4) is 0 Å². The topological polar surface area (TPSA) is 425 Å². The van der Waals surface area contributed by atoms with Crippen LogP contribution in [0.15, 0.2) is 178 Å². The fourth-order valence-electron chi connectivity index (χ4n) is 11.4. The number of alkyl halides is 1. The van der Waals surface area contributed by atoms with E-state index in [1.165, 1.54) is 112 Å². The monoisotopic (exact) mass is 1750 g/mol. The van der Waals surface area contributed by atoms with Gasteiger partial charge in [0.2, 0.25) is 47.9 Å². The molecule has 0 unspecified atom stereocenters. The third kappa shape index (κ3) is 29.6. The van der Waals surface area contributed by atoms with Gasteiger partial charge in [-0.2, -0.15) is 27.9 Å². The normalized spacial score (nSPS) is 13.7. The van der Waals surface area contributed by atoms with Crippen LogP contribution in [-0.2, 0) is 53.9 Å². The number of anilines is 9. The maximum atomic E-state index is 13.2. The van der Waals surface area contributed by atoms with Gasteiger partial charge in [-0.05, 0) is 186 Å². The van der Waals surface area contributed by atoms with Crippen molar-refractivity contribution in [3.8, 4) is 17.2 Å². The summed E-state index contributed by atoms with van der Waals surface area (Å²) < 4.78 is 142. The zero-order chi connectivity index (χ0) is 82.0. The minimum absolute atomic E-state index is 0. The molecule has 3 saturated heterocycles. The SMILES string of the molecule is C.COC(=O)CCCBr.COC(=O)CCCOc1ccc(S(=O)(=O)N2CCN(c3nc(C)cc(Nc4ccc(F)cc4)n3)CC2)cc1.Cc1cc(Nc2ccc(F)cc2)nc(N2CCN(S(=O)(=O)c3ccc(O)cc3)CC2)n1.Cc1cc(Nc2ccc(F)cc2)nc(N2CCN(S(=O)(=O)c3ccc(OCCCC(=O)O)cc3)CC2)n1.O.[Li+].[OH-]. The Bertz CT molecular complexity index is 5020. The van der Waals surface area contributed by atoms with Crippen LogP contribution in [-0.4, -0.2) is 218 Å². The van der Waals surface area contributed by atoms with Crippen molar-refractivity contribution in [3.05, 3.63) is 198 Å². The predicted octanol–water partition coefficient (Wildman–Crippen LogP) is 7.79. The maximum absolute atomic E-state index is 13.2. The molecule has 12 rings (SSSR count). The van der Waals surface area contributed by atoms with Crippen LogP contribution in [0, 0.1) is 38.2 Å². The van der Waals surface area contributed by atoms with Gasteiger partial charge in [-0.1, -0.05) is 23.4 Å². The number of aromatic nitrogens is 6. The summed E-state index contributed by atoms with van der Waals surface area (Å²) in [5.74, 6) is 1.96. The molecule has 0 atom stereocenters. The molecule has 118 heavy (non-hydrogen) atoms. The summed E-state index contributed by atoms with van der Waals surface area (Å²) >= 11 is 3.20. The molecule has 0 saturated carbocycles. The van der Waals surface area contributed by atoms with Crippen LogP contribution in [0.1, 0.15) is 63.0 Å². The van der Waals surface area contributed by atoms with E-state index < -0.39 is 36.0 Å². The number of esters is 2. The molecular formula is C78H96BrF3LiN15O17S3. The first kappa shape index (κ1) is 98.3. The number of piperazine rings is 3. The Kier molecular flexibility index (Phi) is 39.4. The average molecular weight is 1760 g/mol. The molecule has 40 heteroatoms. The number of aromatic hydroxyl groups is 1. The number of benzene rings is 6. The number of carboxylic acid groups (broad SMARTS) is 1. The van der Waals surface area contributed by atoms with Crippen LogP contribution in [0.2, 0.25) is 0 Å². The van der Waals surface area contributed by atoms with E-state index in [9.17, 15) is 57.9 Å². The molecule has 6 heterocycles. The number of carbonyl (C=O) groups is 3. The smallest absolute Gasteiger partial charge is 0.870 e. The number of carbonyl (C=O) groups excluding carboxylic acids is 2. The van der Waals surface area contributed by atoms with Crippen molar-refractivity contribution in [2.75, 3.05) is 142 Å². The predicted molar refractivity (Wildman–Crippen MR) is 440 cm³/mol. The van der Waals surface area contributed by atoms with Crippen molar-refractivity contribution < 1.29 is 112 Å². The molecule has 0 amide bonds. The minimum atomic E-state index is -3.69. The number of sulfonamides is 3. The maximum Gasteiger partial charge on any atom is 1.00 e. The van der Waals surface area contributed by atoms with Crippen molar-refractivity contribution in [2.24, 2.45) is 0 Å². The number of nitrogens with zero attached hydrogens (tertiary/aromatic N) is 12. The number of aryl methyl sites for hydroxylation is 3. The molecule has 0 spiro atoms. The van der Waals surface area contributed by atoms with Gasteiger partial charge in [0, 0.05) is 155 Å². The van der Waals surface area contributed by atoms with Crippen LogP contribution >= 0.6 is 15.9 Å². The van der Waals surface area contributed by atoms with Crippen LogP contribution < -0.4 is 59.0 Å². The van der Waals surface area contributed by atoms with E-state index in [2.05, 4.69) is 71.3 Å². The largest absolute Gasteiger partial charge is 1.00 e. The van der Waals surface area contributed by atoms with Crippen LogP contribution in [0.5, 0.6) is 17.2 Å². The molecule has 0 bridgehead atoms. The van der Waals surface area contributed by atoms with Gasteiger partial charge in [-0.25, -0.2) is 53.4 Å². The van der Waals surface area contributed by atoms with Gasteiger partial charge < -0.3 is 70.8 Å². The molecule has 3 aromatic heterocycles. The van der Waals surface area contributed by atoms with Crippen LogP contribution in [0.25, 0.3) is 0 Å². The van der Waals surface area contributed by atoms with Crippen molar-refractivity contribution in [1.29, 1.82) is 0 Å². The number of nitrogens with one attached hydrogen (secondary N) is 3. The van der Waals surface area contributed by atoms with Gasteiger partial charge in [0.05, 0.1) is 42.1 Å². The van der Waals surface area contributed by atoms with Crippen molar-refractivity contribution in [1.82, 2.24) is 42.8 Å². The summed E-state index contributed by atoms with van der Waals surface area (Å²) in [4.78, 5) is 65.6. The van der Waals surface area contributed by atoms with Gasteiger partial charge in [-0.3, -0.25) is 14.4 Å². The number of rotatable bonds is 28. The number of phenols is 1. The number of aliphatic carboxylic acids is 1. The second-order valence-corrected chi connectivity index (χ2v) is 32.4. The van der Waals surface area contributed by atoms with E-state index in [0.717, 1.165) is 28.8 Å². The second-order valence-electron chi connectivity index (χ2n) is 25.8. The molecule has 3 aliphatic rings. The number of hydrogen-bond donors (Lipinski definition) is 5. The fourth-order valence-corrected chi connectivity index (χ4v) is 16.0.